The first-order valence-corrected chi connectivity index (χ1v) is 5.59. The van der Waals surface area contributed by atoms with Gasteiger partial charge in [0.25, 0.3) is 0 Å². The Bertz CT molecular complexity index is 369. The number of nitrogens with one attached hydrogen (secondary N) is 1. The molecule has 1 atom stereocenters. The van der Waals surface area contributed by atoms with Crippen molar-refractivity contribution >= 4 is 5.82 Å². The van der Waals surface area contributed by atoms with Gasteiger partial charge in [-0.2, -0.15) is 5.26 Å². The van der Waals surface area contributed by atoms with Crippen LogP contribution >= 0.6 is 0 Å². The zero-order chi connectivity index (χ0) is 12.7. The Kier molecular flexibility index (Phi) is 5.33. The van der Waals surface area contributed by atoms with E-state index in [0.29, 0.717) is 12.4 Å². The fourth-order valence-electron chi connectivity index (χ4n) is 1.47. The number of nitriles is 1. The van der Waals surface area contributed by atoms with Gasteiger partial charge in [-0.05, 0) is 13.5 Å². The molecular weight excluding hydrogens is 216 g/mol. The van der Waals surface area contributed by atoms with Crippen molar-refractivity contribution in [2.75, 3.05) is 18.5 Å². The van der Waals surface area contributed by atoms with Crippen LogP contribution in [0.4, 0.5) is 5.82 Å². The minimum absolute atomic E-state index is 0.0212. The first-order chi connectivity index (χ1) is 8.19. The fraction of sp³-hybridized carbons (Fsp3) is 0.545. The van der Waals surface area contributed by atoms with Crippen LogP contribution in [-0.2, 0) is 6.54 Å². The van der Waals surface area contributed by atoms with E-state index in [-0.39, 0.29) is 5.92 Å². The number of hydrogen-bond acceptors (Lipinski definition) is 6. The average Bonchev–Trinajstić information content (AvgIpc) is 2.38. The zero-order valence-electron chi connectivity index (χ0n) is 10.2. The molecule has 1 rings (SSSR count). The molecule has 3 N–H and O–H groups in total. The van der Waals surface area contributed by atoms with Gasteiger partial charge in [0, 0.05) is 13.1 Å². The van der Waals surface area contributed by atoms with Crippen molar-refractivity contribution in [2.45, 2.75) is 20.4 Å². The maximum absolute atomic E-state index is 8.79. The summed E-state index contributed by atoms with van der Waals surface area (Å²) < 4.78 is 0. The number of anilines is 1. The highest BCUT2D eigenvalue weighted by atomic mass is 15.3. The predicted molar refractivity (Wildman–Crippen MR) is 65.6 cm³/mol. The normalized spacial score (nSPS) is 12.2. The van der Waals surface area contributed by atoms with E-state index >= 15 is 0 Å². The summed E-state index contributed by atoms with van der Waals surface area (Å²) in [5.74, 6) is 5.78. The third-order valence-corrected chi connectivity index (χ3v) is 2.44. The number of nitrogen functional groups attached to an aromatic ring is 1. The Morgan fingerprint density at radius 3 is 2.76 bits per heavy atom. The first-order valence-electron chi connectivity index (χ1n) is 5.59. The third-order valence-electron chi connectivity index (χ3n) is 2.44. The van der Waals surface area contributed by atoms with Gasteiger partial charge in [0.15, 0.2) is 5.82 Å². The third kappa shape index (κ3) is 4.34. The van der Waals surface area contributed by atoms with Crippen LogP contribution in [0, 0.1) is 17.2 Å². The SMILES string of the molecule is CCN(Cc1cnc(NN)cn1)CC(C)C#N. The number of hydrogen-bond donors (Lipinski definition) is 2. The summed E-state index contributed by atoms with van der Waals surface area (Å²) in [6.45, 7) is 6.29. The smallest absolute Gasteiger partial charge is 0.158 e. The monoisotopic (exact) mass is 234 g/mol. The lowest BCUT2D eigenvalue weighted by Crippen LogP contribution is -2.28. The van der Waals surface area contributed by atoms with Crippen molar-refractivity contribution < 1.29 is 0 Å². The average molecular weight is 234 g/mol. The highest BCUT2D eigenvalue weighted by Crippen LogP contribution is 2.05. The molecule has 0 saturated carbocycles. The van der Waals surface area contributed by atoms with E-state index in [0.717, 1.165) is 18.8 Å². The molecular formula is C11H18N6. The summed E-state index contributed by atoms with van der Waals surface area (Å²) in [6.07, 6.45) is 3.28. The second-order valence-corrected chi connectivity index (χ2v) is 3.90. The van der Waals surface area contributed by atoms with Crippen LogP contribution in [-0.4, -0.2) is 28.0 Å². The molecule has 6 heteroatoms. The van der Waals surface area contributed by atoms with Crippen molar-refractivity contribution in [3.8, 4) is 6.07 Å². The number of hydrazine groups is 1. The van der Waals surface area contributed by atoms with Gasteiger partial charge in [0.2, 0.25) is 0 Å². The zero-order valence-corrected chi connectivity index (χ0v) is 10.2. The van der Waals surface area contributed by atoms with Crippen LogP contribution < -0.4 is 11.3 Å². The summed E-state index contributed by atoms with van der Waals surface area (Å²) in [5.41, 5.74) is 3.30. The largest absolute Gasteiger partial charge is 0.307 e. The lowest BCUT2D eigenvalue weighted by atomic mass is 10.2. The van der Waals surface area contributed by atoms with E-state index in [2.05, 4.69) is 33.3 Å². The van der Waals surface area contributed by atoms with E-state index in [1.165, 1.54) is 0 Å². The molecule has 0 aliphatic rings. The van der Waals surface area contributed by atoms with Crippen LogP contribution in [0.2, 0.25) is 0 Å². The van der Waals surface area contributed by atoms with Crippen LogP contribution in [0.5, 0.6) is 0 Å². The maximum atomic E-state index is 8.79. The van der Waals surface area contributed by atoms with Crippen LogP contribution in [0.3, 0.4) is 0 Å². The predicted octanol–water partition coefficient (Wildman–Crippen LogP) is 0.744. The fourth-order valence-corrected chi connectivity index (χ4v) is 1.47. The summed E-state index contributed by atoms with van der Waals surface area (Å²) in [7, 11) is 0. The molecule has 92 valence electrons. The van der Waals surface area contributed by atoms with Crippen molar-refractivity contribution in [1.82, 2.24) is 14.9 Å². The molecule has 0 fully saturated rings. The molecule has 1 heterocycles. The molecule has 0 saturated heterocycles. The Balaban J connectivity index is 2.58. The highest BCUT2D eigenvalue weighted by molar-refractivity contribution is 5.28. The molecule has 6 nitrogen and oxygen atoms in total. The van der Waals surface area contributed by atoms with Gasteiger partial charge in [-0.25, -0.2) is 10.8 Å². The topological polar surface area (TPSA) is 90.9 Å². The molecule has 0 aromatic carbocycles. The summed E-state index contributed by atoms with van der Waals surface area (Å²) in [4.78, 5) is 10.5. The van der Waals surface area contributed by atoms with Crippen molar-refractivity contribution in [2.24, 2.45) is 11.8 Å². The van der Waals surface area contributed by atoms with Gasteiger partial charge >= 0.3 is 0 Å². The van der Waals surface area contributed by atoms with Crippen LogP contribution in [0.15, 0.2) is 12.4 Å². The standard InChI is InChI=1S/C11H18N6/c1-3-17(7-9(2)4-12)8-10-5-15-11(16-13)6-14-10/h5-6,9H,3,7-8,13H2,1-2H3,(H,15,16). The number of nitrogens with two attached hydrogens (primary N) is 1. The molecule has 1 aromatic heterocycles. The lowest BCUT2D eigenvalue weighted by Gasteiger charge is -2.20. The molecule has 0 aliphatic carbocycles. The molecule has 0 spiro atoms. The Morgan fingerprint density at radius 1 is 1.53 bits per heavy atom. The summed E-state index contributed by atoms with van der Waals surface area (Å²) in [5, 5.41) is 8.79. The van der Waals surface area contributed by atoms with Gasteiger partial charge in [-0.15, -0.1) is 0 Å². The molecule has 1 aromatic rings. The minimum atomic E-state index is 0.0212. The van der Waals surface area contributed by atoms with Gasteiger partial charge in [0.1, 0.15) is 0 Å². The Morgan fingerprint density at radius 2 is 2.29 bits per heavy atom. The van der Waals surface area contributed by atoms with Crippen molar-refractivity contribution in [3.63, 3.8) is 0 Å². The molecule has 0 amide bonds. The second-order valence-electron chi connectivity index (χ2n) is 3.90. The maximum Gasteiger partial charge on any atom is 0.158 e. The highest BCUT2D eigenvalue weighted by Gasteiger charge is 2.09. The Labute approximate surface area is 101 Å². The summed E-state index contributed by atoms with van der Waals surface area (Å²) >= 11 is 0. The van der Waals surface area contributed by atoms with E-state index in [1.54, 1.807) is 12.4 Å². The molecule has 0 radical (unpaired) electrons. The number of aromatic nitrogens is 2. The van der Waals surface area contributed by atoms with Gasteiger partial charge in [0.05, 0.1) is 30.1 Å². The number of rotatable bonds is 6. The van der Waals surface area contributed by atoms with Gasteiger partial charge in [-0.3, -0.25) is 9.88 Å². The lowest BCUT2D eigenvalue weighted by molar-refractivity contribution is 0.257. The van der Waals surface area contributed by atoms with Crippen LogP contribution in [0.25, 0.3) is 0 Å². The quantitative estimate of drug-likeness (QED) is 0.557. The van der Waals surface area contributed by atoms with Gasteiger partial charge < -0.3 is 5.43 Å². The molecule has 1 unspecified atom stereocenters. The second kappa shape index (κ2) is 6.78. The summed E-state index contributed by atoms with van der Waals surface area (Å²) in [6, 6.07) is 2.23. The van der Waals surface area contributed by atoms with E-state index in [1.807, 2.05) is 6.92 Å². The number of nitrogens with zero attached hydrogens (tertiary/aromatic N) is 4. The van der Waals surface area contributed by atoms with E-state index < -0.39 is 0 Å². The minimum Gasteiger partial charge on any atom is -0.307 e. The first kappa shape index (κ1) is 13.4. The van der Waals surface area contributed by atoms with E-state index in [9.17, 15) is 0 Å². The molecule has 0 aliphatic heterocycles. The van der Waals surface area contributed by atoms with Crippen molar-refractivity contribution in [3.05, 3.63) is 18.1 Å². The molecule has 0 bridgehead atoms. The van der Waals surface area contributed by atoms with Gasteiger partial charge in [-0.1, -0.05) is 6.92 Å². The van der Waals surface area contributed by atoms with E-state index in [4.69, 9.17) is 11.1 Å². The van der Waals surface area contributed by atoms with Crippen LogP contribution in [0.1, 0.15) is 19.5 Å². The van der Waals surface area contributed by atoms with Crippen molar-refractivity contribution in [1.29, 1.82) is 5.26 Å². The Hall–Kier alpha value is -1.71. The molecule has 17 heavy (non-hydrogen) atoms.